The van der Waals surface area contributed by atoms with E-state index in [1.54, 1.807) is 0 Å². The third-order valence-corrected chi connectivity index (χ3v) is 4.55. The maximum Gasteiger partial charge on any atom is 0.0435 e. The molecule has 0 aromatic heterocycles. The largest absolute Gasteiger partial charge is 0.364 e. The fraction of sp³-hybridized carbons (Fsp3) is 0.368. The van der Waals surface area contributed by atoms with E-state index in [9.17, 15) is 0 Å². The Kier molecular flexibility index (Phi) is 3.77. The van der Waals surface area contributed by atoms with Crippen molar-refractivity contribution in [2.45, 2.75) is 45.7 Å². The first-order valence-corrected chi connectivity index (χ1v) is 7.71. The Morgan fingerprint density at radius 1 is 0.900 bits per heavy atom. The lowest BCUT2D eigenvalue weighted by molar-refractivity contribution is 0.606. The molecule has 0 spiro atoms. The van der Waals surface area contributed by atoms with E-state index in [0.717, 1.165) is 19.4 Å². The predicted octanol–water partition coefficient (Wildman–Crippen LogP) is 4.59. The highest BCUT2D eigenvalue weighted by atomic mass is 15.2. The van der Waals surface area contributed by atoms with Crippen molar-refractivity contribution in [1.82, 2.24) is 0 Å². The second-order valence-electron chi connectivity index (χ2n) is 5.78. The summed E-state index contributed by atoms with van der Waals surface area (Å²) in [6.45, 7) is 5.64. The summed E-state index contributed by atoms with van der Waals surface area (Å²) in [7, 11) is 0. The lowest BCUT2D eigenvalue weighted by Gasteiger charge is -2.35. The third kappa shape index (κ3) is 2.45. The molecule has 0 saturated carbocycles. The number of aryl methyl sites for hydroxylation is 2. The van der Waals surface area contributed by atoms with Crippen LogP contribution in [-0.2, 0) is 19.4 Å². The van der Waals surface area contributed by atoms with Crippen LogP contribution in [0.2, 0.25) is 0 Å². The van der Waals surface area contributed by atoms with Crippen LogP contribution in [-0.4, -0.2) is 6.04 Å². The molecule has 1 unspecified atom stereocenters. The van der Waals surface area contributed by atoms with Gasteiger partial charge in [-0.15, -0.1) is 0 Å². The van der Waals surface area contributed by atoms with E-state index < -0.39 is 0 Å². The van der Waals surface area contributed by atoms with Crippen molar-refractivity contribution in [3.63, 3.8) is 0 Å². The fourth-order valence-corrected chi connectivity index (χ4v) is 3.11. The Balaban J connectivity index is 2.06. The highest BCUT2D eigenvalue weighted by Crippen LogP contribution is 2.30. The molecular formula is C19H23N. The van der Waals surface area contributed by atoms with E-state index >= 15 is 0 Å². The molecule has 0 aliphatic carbocycles. The first-order valence-electron chi connectivity index (χ1n) is 7.71. The van der Waals surface area contributed by atoms with Crippen LogP contribution >= 0.6 is 0 Å². The van der Waals surface area contributed by atoms with E-state index in [4.69, 9.17) is 0 Å². The van der Waals surface area contributed by atoms with Crippen LogP contribution < -0.4 is 4.90 Å². The Bertz CT molecular complexity index is 588. The third-order valence-electron chi connectivity index (χ3n) is 4.55. The number of fused-ring (bicyclic) bond motifs is 2. The van der Waals surface area contributed by atoms with Crippen molar-refractivity contribution in [1.29, 1.82) is 0 Å². The first kappa shape index (κ1) is 13.2. The fourth-order valence-electron chi connectivity index (χ4n) is 3.11. The highest BCUT2D eigenvalue weighted by Gasteiger charge is 2.20. The predicted molar refractivity (Wildman–Crippen MR) is 86.2 cm³/mol. The quantitative estimate of drug-likeness (QED) is 0.767. The molecule has 3 rings (SSSR count). The van der Waals surface area contributed by atoms with Crippen LogP contribution in [0.3, 0.4) is 0 Å². The average Bonchev–Trinajstić information content (AvgIpc) is 2.49. The summed E-state index contributed by atoms with van der Waals surface area (Å²) in [5, 5.41) is 0. The molecule has 0 saturated heterocycles. The molecular weight excluding hydrogens is 242 g/mol. The Morgan fingerprint density at radius 2 is 1.50 bits per heavy atom. The van der Waals surface area contributed by atoms with Crippen LogP contribution in [0.4, 0.5) is 5.69 Å². The number of hydrogen-bond donors (Lipinski definition) is 0. The van der Waals surface area contributed by atoms with Gasteiger partial charge in [-0.2, -0.15) is 0 Å². The van der Waals surface area contributed by atoms with Crippen molar-refractivity contribution < 1.29 is 0 Å². The van der Waals surface area contributed by atoms with Crippen molar-refractivity contribution in [3.8, 4) is 0 Å². The van der Waals surface area contributed by atoms with E-state index in [-0.39, 0.29) is 0 Å². The number of nitrogens with zero attached hydrogens (tertiary/aromatic N) is 1. The zero-order valence-electron chi connectivity index (χ0n) is 12.5. The summed E-state index contributed by atoms with van der Waals surface area (Å²) < 4.78 is 0. The zero-order chi connectivity index (χ0) is 13.9. The number of benzene rings is 2. The molecule has 0 N–H and O–H groups in total. The molecule has 0 bridgehead atoms. The number of hydrogen-bond acceptors (Lipinski definition) is 1. The van der Waals surface area contributed by atoms with Crippen LogP contribution in [0.25, 0.3) is 0 Å². The van der Waals surface area contributed by atoms with Gasteiger partial charge in [-0.1, -0.05) is 49.4 Å². The molecule has 1 atom stereocenters. The lowest BCUT2D eigenvalue weighted by atomic mass is 9.94. The van der Waals surface area contributed by atoms with Gasteiger partial charge >= 0.3 is 0 Å². The molecule has 20 heavy (non-hydrogen) atoms. The van der Waals surface area contributed by atoms with E-state index in [1.807, 2.05) is 0 Å². The molecule has 104 valence electrons. The standard InChI is InChI=1S/C19H23N/c1-3-15(2)20-14-18-10-5-4-8-16(18)12-13-17-9-6-7-11-19(17)20/h4-11,15H,3,12-14H2,1-2H3. The first-order chi connectivity index (χ1) is 9.79. The molecule has 0 radical (unpaired) electrons. The Hall–Kier alpha value is -1.76. The van der Waals surface area contributed by atoms with Gasteiger partial charge in [-0.25, -0.2) is 0 Å². The molecule has 2 aromatic rings. The summed E-state index contributed by atoms with van der Waals surface area (Å²) >= 11 is 0. The average molecular weight is 265 g/mol. The number of anilines is 1. The smallest absolute Gasteiger partial charge is 0.0435 e. The maximum atomic E-state index is 2.58. The maximum absolute atomic E-state index is 2.58. The van der Waals surface area contributed by atoms with Crippen LogP contribution in [0.5, 0.6) is 0 Å². The zero-order valence-corrected chi connectivity index (χ0v) is 12.5. The van der Waals surface area contributed by atoms with E-state index in [0.29, 0.717) is 6.04 Å². The minimum Gasteiger partial charge on any atom is -0.364 e. The summed E-state index contributed by atoms with van der Waals surface area (Å²) in [6, 6.07) is 18.4. The van der Waals surface area contributed by atoms with Gasteiger partial charge < -0.3 is 4.90 Å². The molecule has 0 fully saturated rings. The van der Waals surface area contributed by atoms with Crippen molar-refractivity contribution in [3.05, 3.63) is 65.2 Å². The minimum atomic E-state index is 0.572. The second kappa shape index (κ2) is 5.70. The summed E-state index contributed by atoms with van der Waals surface area (Å²) in [6.07, 6.45) is 3.47. The van der Waals surface area contributed by atoms with Crippen molar-refractivity contribution >= 4 is 5.69 Å². The monoisotopic (exact) mass is 265 g/mol. The number of para-hydroxylation sites is 1. The van der Waals surface area contributed by atoms with Gasteiger partial charge in [0.05, 0.1) is 0 Å². The normalized spacial score (nSPS) is 15.8. The molecule has 1 aliphatic rings. The van der Waals surface area contributed by atoms with Gasteiger partial charge in [-0.05, 0) is 48.9 Å². The molecule has 1 heteroatoms. The molecule has 1 heterocycles. The molecule has 1 nitrogen and oxygen atoms in total. The minimum absolute atomic E-state index is 0.572. The van der Waals surface area contributed by atoms with E-state index in [1.165, 1.54) is 28.8 Å². The van der Waals surface area contributed by atoms with Crippen LogP contribution in [0, 0.1) is 0 Å². The van der Waals surface area contributed by atoms with Gasteiger partial charge in [0, 0.05) is 18.3 Å². The SMILES string of the molecule is CCC(C)N1Cc2ccccc2CCc2ccccc21. The molecule has 1 aliphatic heterocycles. The van der Waals surface area contributed by atoms with Crippen molar-refractivity contribution in [2.75, 3.05) is 4.90 Å². The molecule has 0 amide bonds. The number of rotatable bonds is 2. The summed E-state index contributed by atoms with van der Waals surface area (Å²) in [5.41, 5.74) is 5.91. The summed E-state index contributed by atoms with van der Waals surface area (Å²) in [4.78, 5) is 2.58. The Labute approximate surface area is 122 Å². The van der Waals surface area contributed by atoms with Crippen molar-refractivity contribution in [2.24, 2.45) is 0 Å². The topological polar surface area (TPSA) is 3.24 Å². The van der Waals surface area contributed by atoms with Gasteiger partial charge in [0.15, 0.2) is 0 Å². The second-order valence-corrected chi connectivity index (χ2v) is 5.78. The van der Waals surface area contributed by atoms with Gasteiger partial charge in [0.1, 0.15) is 0 Å². The van der Waals surface area contributed by atoms with Gasteiger partial charge in [0.2, 0.25) is 0 Å². The van der Waals surface area contributed by atoms with Crippen LogP contribution in [0.1, 0.15) is 37.0 Å². The van der Waals surface area contributed by atoms with Crippen LogP contribution in [0.15, 0.2) is 48.5 Å². The van der Waals surface area contributed by atoms with E-state index in [2.05, 4.69) is 67.3 Å². The van der Waals surface area contributed by atoms with Gasteiger partial charge in [0.25, 0.3) is 0 Å². The molecule has 2 aromatic carbocycles. The Morgan fingerprint density at radius 3 is 2.25 bits per heavy atom. The van der Waals surface area contributed by atoms with Gasteiger partial charge in [-0.3, -0.25) is 0 Å². The summed E-state index contributed by atoms with van der Waals surface area (Å²) in [5.74, 6) is 0. The highest BCUT2D eigenvalue weighted by molar-refractivity contribution is 5.56. The lowest BCUT2D eigenvalue weighted by Crippen LogP contribution is -2.34.